The lowest BCUT2D eigenvalue weighted by Crippen LogP contribution is -2.42. The van der Waals surface area contributed by atoms with Gasteiger partial charge in [0.2, 0.25) is 0 Å². The molecule has 6 heteroatoms. The van der Waals surface area contributed by atoms with Gasteiger partial charge in [-0.2, -0.15) is 0 Å². The van der Waals surface area contributed by atoms with Crippen molar-refractivity contribution in [3.05, 3.63) is 53.9 Å². The van der Waals surface area contributed by atoms with E-state index in [1.54, 1.807) is 12.4 Å². The molecule has 0 radical (unpaired) electrons. The number of carbonyl (C=O) groups is 1. The van der Waals surface area contributed by atoms with E-state index in [4.69, 9.17) is 0 Å². The normalized spacial score (nSPS) is 15.3. The van der Waals surface area contributed by atoms with Gasteiger partial charge in [-0.05, 0) is 49.9 Å². The van der Waals surface area contributed by atoms with Gasteiger partial charge in [0.25, 0.3) is 5.91 Å². The number of halogens is 2. The predicted octanol–water partition coefficient (Wildman–Crippen LogP) is 4.02. The topological polar surface area (TPSA) is 54.0 Å². The van der Waals surface area contributed by atoms with Crippen molar-refractivity contribution in [2.24, 2.45) is 5.41 Å². The Morgan fingerprint density at radius 1 is 1.12 bits per heavy atom. The Hall–Kier alpha value is -1.62. The van der Waals surface area contributed by atoms with Crippen molar-refractivity contribution in [3.63, 3.8) is 0 Å². The van der Waals surface area contributed by atoms with Gasteiger partial charge in [-0.25, -0.2) is 0 Å². The van der Waals surface area contributed by atoms with Gasteiger partial charge in [-0.1, -0.05) is 36.8 Å². The number of aromatic nitrogens is 1. The molecule has 0 bridgehead atoms. The van der Waals surface area contributed by atoms with E-state index in [0.717, 1.165) is 37.1 Å². The van der Waals surface area contributed by atoms with Crippen molar-refractivity contribution in [2.75, 3.05) is 19.6 Å². The van der Waals surface area contributed by atoms with Crippen LogP contribution >= 0.6 is 24.8 Å². The highest BCUT2D eigenvalue weighted by molar-refractivity contribution is 5.95. The Morgan fingerprint density at radius 2 is 1.77 bits per heavy atom. The molecule has 1 aromatic heterocycles. The molecule has 0 aliphatic carbocycles. The summed E-state index contributed by atoms with van der Waals surface area (Å²) in [5.74, 6) is -0.0452. The van der Waals surface area contributed by atoms with Gasteiger partial charge in [-0.15, -0.1) is 24.8 Å². The molecule has 2 heterocycles. The van der Waals surface area contributed by atoms with E-state index >= 15 is 0 Å². The summed E-state index contributed by atoms with van der Waals surface area (Å²) in [4.78, 5) is 16.7. The van der Waals surface area contributed by atoms with Crippen LogP contribution in [0.1, 0.15) is 35.7 Å². The van der Waals surface area contributed by atoms with E-state index in [1.807, 2.05) is 6.07 Å². The number of hydrogen-bond acceptors (Lipinski definition) is 3. The minimum absolute atomic E-state index is 0. The number of rotatable bonds is 4. The summed E-state index contributed by atoms with van der Waals surface area (Å²) in [5.41, 5.74) is 4.06. The van der Waals surface area contributed by atoms with Crippen molar-refractivity contribution in [3.8, 4) is 11.1 Å². The molecule has 1 aromatic carbocycles. The zero-order valence-corrected chi connectivity index (χ0v) is 16.9. The van der Waals surface area contributed by atoms with Crippen molar-refractivity contribution in [1.29, 1.82) is 0 Å². The number of piperidine rings is 1. The molecule has 1 amide bonds. The molecule has 26 heavy (non-hydrogen) atoms. The summed E-state index contributed by atoms with van der Waals surface area (Å²) in [6, 6.07) is 10.2. The van der Waals surface area contributed by atoms with Gasteiger partial charge in [0, 0.05) is 24.5 Å². The SMILES string of the molecule is Cc1ccc(-c2cncc(C(=O)NCC3(C)CCNCC3)c2)cc1.Cl.Cl. The lowest BCUT2D eigenvalue weighted by molar-refractivity contribution is 0.0922. The summed E-state index contributed by atoms with van der Waals surface area (Å²) >= 11 is 0. The third-order valence-corrected chi connectivity index (χ3v) is 4.87. The first-order valence-corrected chi connectivity index (χ1v) is 8.57. The van der Waals surface area contributed by atoms with Crippen LogP contribution < -0.4 is 10.6 Å². The quantitative estimate of drug-likeness (QED) is 0.821. The summed E-state index contributed by atoms with van der Waals surface area (Å²) in [5, 5.41) is 6.46. The Bertz CT molecular complexity index is 713. The molecule has 0 spiro atoms. The van der Waals surface area contributed by atoms with Crippen LogP contribution in [0.3, 0.4) is 0 Å². The molecule has 2 N–H and O–H groups in total. The first-order chi connectivity index (χ1) is 11.6. The molecule has 0 saturated carbocycles. The second kappa shape index (κ2) is 9.91. The van der Waals surface area contributed by atoms with Crippen LogP contribution in [-0.2, 0) is 0 Å². The predicted molar refractivity (Wildman–Crippen MR) is 111 cm³/mol. The first-order valence-electron chi connectivity index (χ1n) is 8.57. The largest absolute Gasteiger partial charge is 0.351 e. The number of nitrogens with one attached hydrogen (secondary N) is 2. The Kier molecular flexibility index (Phi) is 8.54. The fourth-order valence-corrected chi connectivity index (χ4v) is 3.07. The zero-order valence-electron chi connectivity index (χ0n) is 15.2. The van der Waals surface area contributed by atoms with Gasteiger partial charge in [0.1, 0.15) is 0 Å². The summed E-state index contributed by atoms with van der Waals surface area (Å²) < 4.78 is 0. The number of nitrogens with zero attached hydrogens (tertiary/aromatic N) is 1. The summed E-state index contributed by atoms with van der Waals surface area (Å²) in [7, 11) is 0. The van der Waals surface area contributed by atoms with E-state index < -0.39 is 0 Å². The molecule has 1 aliphatic heterocycles. The Morgan fingerprint density at radius 3 is 2.42 bits per heavy atom. The van der Waals surface area contributed by atoms with Crippen molar-refractivity contribution in [1.82, 2.24) is 15.6 Å². The maximum Gasteiger partial charge on any atom is 0.252 e. The van der Waals surface area contributed by atoms with Crippen molar-refractivity contribution >= 4 is 30.7 Å². The van der Waals surface area contributed by atoms with Gasteiger partial charge in [0.05, 0.1) is 5.56 Å². The van der Waals surface area contributed by atoms with Gasteiger partial charge in [0.15, 0.2) is 0 Å². The molecule has 4 nitrogen and oxygen atoms in total. The smallest absolute Gasteiger partial charge is 0.252 e. The lowest BCUT2D eigenvalue weighted by atomic mass is 9.81. The molecule has 1 aliphatic rings. The maximum absolute atomic E-state index is 12.5. The molecule has 1 saturated heterocycles. The lowest BCUT2D eigenvalue weighted by Gasteiger charge is -2.34. The van der Waals surface area contributed by atoms with Crippen LogP contribution in [0.25, 0.3) is 11.1 Å². The van der Waals surface area contributed by atoms with E-state index in [2.05, 4.69) is 53.7 Å². The summed E-state index contributed by atoms with van der Waals surface area (Å²) in [6.45, 7) is 7.07. The van der Waals surface area contributed by atoms with E-state index in [1.165, 1.54) is 5.56 Å². The molecule has 2 aromatic rings. The number of aryl methyl sites for hydroxylation is 1. The van der Waals surface area contributed by atoms with Gasteiger partial charge >= 0.3 is 0 Å². The molecular formula is C20H27Cl2N3O. The molecule has 0 unspecified atom stereocenters. The van der Waals surface area contributed by atoms with E-state index in [9.17, 15) is 4.79 Å². The second-order valence-electron chi connectivity index (χ2n) is 7.07. The molecule has 1 fully saturated rings. The highest BCUT2D eigenvalue weighted by atomic mass is 35.5. The van der Waals surface area contributed by atoms with Gasteiger partial charge in [-0.3, -0.25) is 9.78 Å². The number of hydrogen-bond donors (Lipinski definition) is 2. The van der Waals surface area contributed by atoms with Crippen LogP contribution in [-0.4, -0.2) is 30.5 Å². The highest BCUT2D eigenvalue weighted by Gasteiger charge is 2.27. The minimum atomic E-state index is -0.0452. The number of amides is 1. The van der Waals surface area contributed by atoms with E-state index in [0.29, 0.717) is 12.1 Å². The number of benzene rings is 1. The van der Waals surface area contributed by atoms with Crippen LogP contribution in [0.15, 0.2) is 42.7 Å². The molecule has 142 valence electrons. The van der Waals surface area contributed by atoms with E-state index in [-0.39, 0.29) is 36.1 Å². The monoisotopic (exact) mass is 395 g/mol. The van der Waals surface area contributed by atoms with Crippen molar-refractivity contribution in [2.45, 2.75) is 26.7 Å². The minimum Gasteiger partial charge on any atom is -0.351 e. The van der Waals surface area contributed by atoms with Crippen LogP contribution in [0.5, 0.6) is 0 Å². The Labute approximate surface area is 168 Å². The number of pyridine rings is 1. The standard InChI is InChI=1S/C20H25N3O.2ClH/c1-15-3-5-16(6-4-15)17-11-18(13-22-12-17)19(24)23-14-20(2)7-9-21-10-8-20;;/h3-6,11-13,21H,7-10,14H2,1-2H3,(H,23,24);2*1H. The molecule has 0 atom stereocenters. The molecular weight excluding hydrogens is 369 g/mol. The van der Waals surface area contributed by atoms with Crippen LogP contribution in [0.4, 0.5) is 0 Å². The average molecular weight is 396 g/mol. The third-order valence-electron chi connectivity index (χ3n) is 4.87. The highest BCUT2D eigenvalue weighted by Crippen LogP contribution is 2.27. The number of carbonyl (C=O) groups excluding carboxylic acids is 1. The van der Waals surface area contributed by atoms with Crippen molar-refractivity contribution < 1.29 is 4.79 Å². The van der Waals surface area contributed by atoms with Crippen LogP contribution in [0, 0.1) is 12.3 Å². The zero-order chi connectivity index (χ0) is 17.0. The fourth-order valence-electron chi connectivity index (χ4n) is 3.07. The first kappa shape index (κ1) is 22.4. The van der Waals surface area contributed by atoms with Gasteiger partial charge < -0.3 is 10.6 Å². The fraction of sp³-hybridized carbons (Fsp3) is 0.400. The van der Waals surface area contributed by atoms with Crippen LogP contribution in [0.2, 0.25) is 0 Å². The molecule has 3 rings (SSSR count). The summed E-state index contributed by atoms with van der Waals surface area (Å²) in [6.07, 6.45) is 5.62. The maximum atomic E-state index is 12.5. The second-order valence-corrected chi connectivity index (χ2v) is 7.07. The average Bonchev–Trinajstić information content (AvgIpc) is 2.61. The third kappa shape index (κ3) is 5.70. The Balaban J connectivity index is 0.00000169.